The summed E-state index contributed by atoms with van der Waals surface area (Å²) in [7, 11) is -4.55. The summed E-state index contributed by atoms with van der Waals surface area (Å²) in [4.78, 5) is 30.4. The van der Waals surface area contributed by atoms with E-state index in [2.05, 4.69) is 4.98 Å². The molecule has 11 heteroatoms. The molecule has 0 bridgehead atoms. The highest BCUT2D eigenvalue weighted by molar-refractivity contribution is 7.90. The first-order chi connectivity index (χ1) is 15.6. The van der Waals surface area contributed by atoms with Crippen LogP contribution in [0.15, 0.2) is 77.7 Å². The van der Waals surface area contributed by atoms with Crippen molar-refractivity contribution in [2.45, 2.75) is 11.1 Å². The maximum atomic E-state index is 13.5. The Morgan fingerprint density at radius 2 is 1.30 bits per heavy atom. The molecule has 0 saturated heterocycles. The van der Waals surface area contributed by atoms with E-state index in [1.54, 1.807) is 18.2 Å². The van der Waals surface area contributed by atoms with E-state index >= 15 is 0 Å². The highest BCUT2D eigenvalue weighted by Gasteiger charge is 2.41. The summed E-state index contributed by atoms with van der Waals surface area (Å²) in [6.45, 7) is 0. The third-order valence-electron chi connectivity index (χ3n) is 5.22. The number of carbonyl (C=O) groups excluding carboxylic acids is 2. The summed E-state index contributed by atoms with van der Waals surface area (Å²) in [5.41, 5.74) is -0.595. The number of para-hydroxylation sites is 2. The van der Waals surface area contributed by atoms with E-state index in [0.29, 0.717) is 21.0 Å². The summed E-state index contributed by atoms with van der Waals surface area (Å²) < 4.78 is 66.6. The van der Waals surface area contributed by atoms with E-state index < -0.39 is 44.4 Å². The van der Waals surface area contributed by atoms with Crippen molar-refractivity contribution < 1.29 is 31.2 Å². The van der Waals surface area contributed by atoms with Gasteiger partial charge in [0.05, 0.1) is 32.6 Å². The molecule has 0 saturated carbocycles. The number of benzene rings is 3. The van der Waals surface area contributed by atoms with E-state index in [4.69, 9.17) is 0 Å². The fourth-order valence-electron chi connectivity index (χ4n) is 3.66. The number of carbonyl (C=O) groups is 2. The Morgan fingerprint density at radius 3 is 1.88 bits per heavy atom. The van der Waals surface area contributed by atoms with Crippen molar-refractivity contribution in [3.05, 3.63) is 89.5 Å². The Bertz CT molecular complexity index is 1520. The number of rotatable bonds is 3. The lowest BCUT2D eigenvalue weighted by Gasteiger charge is -2.16. The molecule has 0 atom stereocenters. The molecule has 4 aromatic rings. The molecule has 2 amide bonds. The summed E-state index contributed by atoms with van der Waals surface area (Å²) >= 11 is 0. The summed E-state index contributed by atoms with van der Waals surface area (Å²) in [5.74, 6) is -1.98. The number of anilines is 1. The van der Waals surface area contributed by atoms with Gasteiger partial charge in [-0.2, -0.15) is 17.1 Å². The molecular formula is C22H12F3N3O4S. The number of aromatic nitrogens is 2. The molecule has 0 spiro atoms. The molecule has 166 valence electrons. The van der Waals surface area contributed by atoms with Crippen LogP contribution in [0.1, 0.15) is 26.3 Å². The smallest absolute Gasteiger partial charge is 0.268 e. The Kier molecular flexibility index (Phi) is 4.43. The van der Waals surface area contributed by atoms with Gasteiger partial charge >= 0.3 is 6.18 Å². The Hall–Kier alpha value is -3.99. The van der Waals surface area contributed by atoms with Gasteiger partial charge in [-0.25, -0.2) is 18.3 Å². The maximum Gasteiger partial charge on any atom is 0.416 e. The standard InChI is InChI=1S/C22H12F3N3O4S/c23-22(24,25)13-9-11-14(12-10-13)33(31,32)28-18-8-4-3-7-17(18)26-21(28)27-19(29)15-5-1-2-6-16(15)20(27)30/h1-12H. The quantitative estimate of drug-likeness (QED) is 0.420. The number of imide groups is 1. The molecule has 33 heavy (non-hydrogen) atoms. The normalized spacial score (nSPS) is 14.2. The second kappa shape index (κ2) is 7.01. The first kappa shape index (κ1) is 20.9. The van der Waals surface area contributed by atoms with Crippen molar-refractivity contribution in [1.82, 2.24) is 8.96 Å². The number of amides is 2. The Morgan fingerprint density at radius 1 is 0.758 bits per heavy atom. The van der Waals surface area contributed by atoms with Crippen LogP contribution in [0, 0.1) is 0 Å². The van der Waals surface area contributed by atoms with Gasteiger partial charge in [0.2, 0.25) is 5.95 Å². The first-order valence-corrected chi connectivity index (χ1v) is 10.9. The minimum Gasteiger partial charge on any atom is -0.268 e. The van der Waals surface area contributed by atoms with Gasteiger partial charge in [-0.3, -0.25) is 9.59 Å². The van der Waals surface area contributed by atoms with Crippen molar-refractivity contribution in [1.29, 1.82) is 0 Å². The van der Waals surface area contributed by atoms with E-state index in [0.717, 1.165) is 12.1 Å². The SMILES string of the molecule is O=C1c2ccccc2C(=O)N1c1nc2ccccc2n1S(=O)(=O)c1ccc(C(F)(F)F)cc1. The van der Waals surface area contributed by atoms with Gasteiger partial charge in [-0.1, -0.05) is 24.3 Å². The van der Waals surface area contributed by atoms with Crippen LogP contribution in [0.25, 0.3) is 11.0 Å². The van der Waals surface area contributed by atoms with Crippen molar-refractivity contribution >= 4 is 38.8 Å². The van der Waals surface area contributed by atoms with E-state index in [1.807, 2.05) is 0 Å². The molecule has 0 unspecified atom stereocenters. The van der Waals surface area contributed by atoms with E-state index in [9.17, 15) is 31.2 Å². The average molecular weight is 471 g/mol. The maximum absolute atomic E-state index is 13.5. The Labute approximate surface area is 184 Å². The van der Waals surface area contributed by atoms with Crippen LogP contribution in [0.2, 0.25) is 0 Å². The molecule has 1 aliphatic rings. The van der Waals surface area contributed by atoms with Gasteiger partial charge in [0.25, 0.3) is 21.8 Å². The van der Waals surface area contributed by atoms with Crippen LogP contribution in [0.4, 0.5) is 19.1 Å². The Balaban J connectivity index is 1.72. The van der Waals surface area contributed by atoms with E-state index in [1.165, 1.54) is 30.3 Å². The van der Waals surface area contributed by atoms with Gasteiger partial charge < -0.3 is 0 Å². The summed E-state index contributed by atoms with van der Waals surface area (Å²) in [6, 6.07) is 15.0. The lowest BCUT2D eigenvalue weighted by atomic mass is 10.1. The van der Waals surface area contributed by atoms with Crippen LogP contribution >= 0.6 is 0 Å². The minimum atomic E-state index is -4.64. The predicted octanol–water partition coefficient (Wildman–Crippen LogP) is 4.09. The van der Waals surface area contributed by atoms with Crippen molar-refractivity contribution in [3.63, 3.8) is 0 Å². The van der Waals surface area contributed by atoms with Crippen molar-refractivity contribution in [3.8, 4) is 0 Å². The third kappa shape index (κ3) is 3.11. The van der Waals surface area contributed by atoms with Gasteiger partial charge in [-0.15, -0.1) is 0 Å². The number of hydrogen-bond acceptors (Lipinski definition) is 5. The second-order valence-corrected chi connectivity index (χ2v) is 8.97. The van der Waals surface area contributed by atoms with Gasteiger partial charge in [-0.05, 0) is 48.5 Å². The zero-order valence-corrected chi connectivity index (χ0v) is 17.3. The number of hydrogen-bond donors (Lipinski definition) is 0. The summed E-state index contributed by atoms with van der Waals surface area (Å²) in [6.07, 6.45) is -4.64. The van der Waals surface area contributed by atoms with Crippen molar-refractivity contribution in [2.75, 3.05) is 4.90 Å². The summed E-state index contributed by atoms with van der Waals surface area (Å²) in [5, 5.41) is 0. The predicted molar refractivity (Wildman–Crippen MR) is 111 cm³/mol. The molecule has 7 nitrogen and oxygen atoms in total. The van der Waals surface area contributed by atoms with Crippen LogP contribution in [0.3, 0.4) is 0 Å². The second-order valence-electron chi connectivity index (χ2n) is 7.18. The number of alkyl halides is 3. The molecule has 0 N–H and O–H groups in total. The number of nitrogens with zero attached hydrogens (tertiary/aromatic N) is 3. The molecule has 0 radical (unpaired) electrons. The van der Waals surface area contributed by atoms with Crippen LogP contribution in [-0.2, 0) is 16.2 Å². The first-order valence-electron chi connectivity index (χ1n) is 9.49. The molecule has 3 aromatic carbocycles. The number of halogens is 3. The van der Waals surface area contributed by atoms with Crippen LogP contribution in [0.5, 0.6) is 0 Å². The third-order valence-corrected chi connectivity index (χ3v) is 6.93. The zero-order chi connectivity index (χ0) is 23.5. The lowest BCUT2D eigenvalue weighted by molar-refractivity contribution is -0.137. The monoisotopic (exact) mass is 471 g/mol. The minimum absolute atomic E-state index is 0.0592. The zero-order valence-electron chi connectivity index (χ0n) is 16.4. The highest BCUT2D eigenvalue weighted by atomic mass is 32.2. The molecule has 0 fully saturated rings. The number of fused-ring (bicyclic) bond motifs is 2. The topological polar surface area (TPSA) is 89.3 Å². The highest BCUT2D eigenvalue weighted by Crippen LogP contribution is 2.34. The lowest BCUT2D eigenvalue weighted by Crippen LogP contribution is -2.33. The molecule has 2 heterocycles. The molecule has 5 rings (SSSR count). The van der Waals surface area contributed by atoms with Gasteiger partial charge in [0.1, 0.15) is 0 Å². The van der Waals surface area contributed by atoms with Crippen molar-refractivity contribution in [2.24, 2.45) is 0 Å². The number of imidazole rings is 1. The molecular weight excluding hydrogens is 459 g/mol. The van der Waals surface area contributed by atoms with Crippen LogP contribution < -0.4 is 4.90 Å². The largest absolute Gasteiger partial charge is 0.416 e. The van der Waals surface area contributed by atoms with Gasteiger partial charge in [0.15, 0.2) is 0 Å². The van der Waals surface area contributed by atoms with Gasteiger partial charge in [0, 0.05) is 0 Å². The molecule has 0 aliphatic carbocycles. The molecule has 1 aliphatic heterocycles. The van der Waals surface area contributed by atoms with E-state index in [-0.39, 0.29) is 22.2 Å². The molecule has 1 aromatic heterocycles. The fraction of sp³-hybridized carbons (Fsp3) is 0.0455. The fourth-order valence-corrected chi connectivity index (χ4v) is 5.10. The average Bonchev–Trinajstić information content (AvgIpc) is 3.29. The van der Waals surface area contributed by atoms with Crippen LogP contribution in [-0.4, -0.2) is 29.2 Å².